The van der Waals surface area contributed by atoms with Gasteiger partial charge in [0, 0.05) is 24.3 Å². The first-order valence-corrected chi connectivity index (χ1v) is 5.13. The molecule has 0 atom stereocenters. The third-order valence-corrected chi connectivity index (χ3v) is 2.59. The Kier molecular flexibility index (Phi) is 4.11. The van der Waals surface area contributed by atoms with E-state index >= 15 is 0 Å². The molecule has 0 radical (unpaired) electrons. The van der Waals surface area contributed by atoms with Gasteiger partial charge in [-0.3, -0.25) is 4.90 Å². The predicted molar refractivity (Wildman–Crippen MR) is 58.7 cm³/mol. The van der Waals surface area contributed by atoms with Crippen LogP contribution in [0.2, 0.25) is 10.4 Å². The molecule has 0 fully saturated rings. The summed E-state index contributed by atoms with van der Waals surface area (Å²) < 4.78 is 0. The normalized spacial score (nSPS) is 11.4. The molecule has 1 aromatic heterocycles. The van der Waals surface area contributed by atoms with Crippen molar-refractivity contribution in [2.24, 2.45) is 0 Å². The third-order valence-electron chi connectivity index (χ3n) is 2.08. The lowest BCUT2D eigenvalue weighted by Crippen LogP contribution is -2.25. The Bertz CT molecular complexity index is 315. The first kappa shape index (κ1) is 11.7. The molecule has 0 aliphatic carbocycles. The molecule has 78 valence electrons. The Hall–Kier alpha value is -0.380. The predicted octanol–water partition coefficient (Wildman–Crippen LogP) is 2.62. The second kappa shape index (κ2) is 4.91. The van der Waals surface area contributed by atoms with Crippen LogP contribution in [-0.2, 0) is 6.54 Å². The minimum Gasteiger partial charge on any atom is -0.300 e. The summed E-state index contributed by atoms with van der Waals surface area (Å²) >= 11 is 11.5. The summed E-state index contributed by atoms with van der Waals surface area (Å²) in [5, 5.41) is 0.614. The lowest BCUT2D eigenvalue weighted by molar-refractivity contribution is 0.265. The monoisotopic (exact) mass is 233 g/mol. The van der Waals surface area contributed by atoms with E-state index in [0.717, 1.165) is 12.1 Å². The van der Waals surface area contributed by atoms with Crippen LogP contribution in [-0.4, -0.2) is 28.0 Å². The number of nitrogens with zero attached hydrogens (tertiary/aromatic N) is 3. The average molecular weight is 234 g/mol. The highest BCUT2D eigenvalue weighted by atomic mass is 35.5. The van der Waals surface area contributed by atoms with E-state index < -0.39 is 0 Å². The first-order chi connectivity index (χ1) is 6.50. The molecule has 1 aromatic rings. The van der Waals surface area contributed by atoms with Crippen molar-refractivity contribution in [3.8, 4) is 0 Å². The molecule has 1 heterocycles. The Balaban J connectivity index is 2.77. The van der Waals surface area contributed by atoms with Crippen LogP contribution < -0.4 is 0 Å². The molecule has 14 heavy (non-hydrogen) atoms. The number of halogens is 2. The topological polar surface area (TPSA) is 29.0 Å². The zero-order valence-corrected chi connectivity index (χ0v) is 9.97. The van der Waals surface area contributed by atoms with Crippen LogP contribution in [0.15, 0.2) is 6.20 Å². The van der Waals surface area contributed by atoms with Gasteiger partial charge >= 0.3 is 0 Å². The van der Waals surface area contributed by atoms with Gasteiger partial charge in [-0.15, -0.1) is 0 Å². The fourth-order valence-corrected chi connectivity index (χ4v) is 1.29. The van der Waals surface area contributed by atoms with Gasteiger partial charge in [0.25, 0.3) is 0 Å². The van der Waals surface area contributed by atoms with Crippen LogP contribution in [0, 0.1) is 0 Å². The molecule has 0 saturated heterocycles. The largest absolute Gasteiger partial charge is 0.300 e. The van der Waals surface area contributed by atoms with Gasteiger partial charge < -0.3 is 0 Å². The molecule has 0 spiro atoms. The second-order valence-electron chi connectivity index (χ2n) is 3.46. The number of hydrogen-bond donors (Lipinski definition) is 0. The van der Waals surface area contributed by atoms with Crippen molar-refractivity contribution in [3.63, 3.8) is 0 Å². The van der Waals surface area contributed by atoms with E-state index in [2.05, 4.69) is 28.7 Å². The van der Waals surface area contributed by atoms with Gasteiger partial charge in [0.05, 0.1) is 0 Å². The van der Waals surface area contributed by atoms with Crippen molar-refractivity contribution in [1.82, 2.24) is 14.9 Å². The fraction of sp³-hybridized carbons (Fsp3) is 0.556. The lowest BCUT2D eigenvalue weighted by atomic mass is 10.3. The number of aromatic nitrogens is 2. The zero-order chi connectivity index (χ0) is 10.7. The summed E-state index contributed by atoms with van der Waals surface area (Å²) in [6, 6.07) is 0.460. The summed E-state index contributed by atoms with van der Waals surface area (Å²) in [6.07, 6.45) is 1.66. The van der Waals surface area contributed by atoms with E-state index in [1.165, 1.54) is 0 Å². The quantitative estimate of drug-likeness (QED) is 0.594. The number of rotatable bonds is 3. The summed E-state index contributed by atoms with van der Waals surface area (Å²) in [4.78, 5) is 9.93. The number of hydrogen-bond acceptors (Lipinski definition) is 3. The molecule has 0 N–H and O–H groups in total. The Morgan fingerprint density at radius 3 is 2.57 bits per heavy atom. The Morgan fingerprint density at radius 1 is 1.43 bits per heavy atom. The molecule has 5 heteroatoms. The molecule has 3 nitrogen and oxygen atoms in total. The minimum atomic E-state index is 0.186. The van der Waals surface area contributed by atoms with Crippen LogP contribution >= 0.6 is 23.2 Å². The standard InChI is InChI=1S/C9H13Cl2N3/c1-6(2)14(3)5-7-4-12-9(11)13-8(7)10/h4,6H,5H2,1-3H3. The third kappa shape index (κ3) is 3.08. The van der Waals surface area contributed by atoms with Gasteiger partial charge in [-0.05, 0) is 32.5 Å². The molecule has 1 rings (SSSR count). The summed E-state index contributed by atoms with van der Waals surface area (Å²) in [6.45, 7) is 4.96. The van der Waals surface area contributed by atoms with Crippen molar-refractivity contribution in [1.29, 1.82) is 0 Å². The molecule has 0 aliphatic heterocycles. The SMILES string of the molecule is CC(C)N(C)Cc1cnc(Cl)nc1Cl. The van der Waals surface area contributed by atoms with Gasteiger partial charge in [0.15, 0.2) is 0 Å². The van der Waals surface area contributed by atoms with Crippen molar-refractivity contribution in [2.75, 3.05) is 7.05 Å². The second-order valence-corrected chi connectivity index (χ2v) is 4.16. The van der Waals surface area contributed by atoms with Gasteiger partial charge in [0.1, 0.15) is 5.15 Å². The smallest absolute Gasteiger partial charge is 0.223 e. The van der Waals surface area contributed by atoms with E-state index in [4.69, 9.17) is 23.2 Å². The Morgan fingerprint density at radius 2 is 2.07 bits per heavy atom. The van der Waals surface area contributed by atoms with Crippen LogP contribution in [0.25, 0.3) is 0 Å². The van der Waals surface area contributed by atoms with Gasteiger partial charge in [0.2, 0.25) is 5.28 Å². The zero-order valence-electron chi connectivity index (χ0n) is 8.46. The van der Waals surface area contributed by atoms with Crippen LogP contribution in [0.5, 0.6) is 0 Å². The van der Waals surface area contributed by atoms with Crippen molar-refractivity contribution >= 4 is 23.2 Å². The average Bonchev–Trinajstić information content (AvgIpc) is 2.09. The van der Waals surface area contributed by atoms with Gasteiger partial charge in [-0.2, -0.15) is 0 Å². The molecule has 0 unspecified atom stereocenters. The van der Waals surface area contributed by atoms with E-state index in [9.17, 15) is 0 Å². The maximum absolute atomic E-state index is 5.92. The molecule has 0 aliphatic rings. The van der Waals surface area contributed by atoms with Crippen molar-refractivity contribution < 1.29 is 0 Å². The molecule has 0 saturated carbocycles. The van der Waals surface area contributed by atoms with Gasteiger partial charge in [-0.1, -0.05) is 11.6 Å². The van der Waals surface area contributed by atoms with Crippen molar-refractivity contribution in [2.45, 2.75) is 26.4 Å². The maximum atomic E-state index is 5.92. The van der Waals surface area contributed by atoms with E-state index in [-0.39, 0.29) is 5.28 Å². The van der Waals surface area contributed by atoms with E-state index in [1.54, 1.807) is 6.20 Å². The Labute approximate surface area is 94.1 Å². The highest BCUT2D eigenvalue weighted by molar-refractivity contribution is 6.32. The minimum absolute atomic E-state index is 0.186. The highest BCUT2D eigenvalue weighted by Gasteiger charge is 2.09. The molecular formula is C9H13Cl2N3. The summed E-state index contributed by atoms with van der Waals surface area (Å²) in [5.74, 6) is 0. The maximum Gasteiger partial charge on any atom is 0.223 e. The van der Waals surface area contributed by atoms with Crippen LogP contribution in [0.4, 0.5) is 0 Å². The van der Waals surface area contributed by atoms with E-state index in [0.29, 0.717) is 11.2 Å². The van der Waals surface area contributed by atoms with Crippen molar-refractivity contribution in [3.05, 3.63) is 22.2 Å². The molecule has 0 amide bonds. The summed E-state index contributed by atoms with van der Waals surface area (Å²) in [7, 11) is 2.02. The lowest BCUT2D eigenvalue weighted by Gasteiger charge is -2.20. The summed E-state index contributed by atoms with van der Waals surface area (Å²) in [5.41, 5.74) is 0.896. The van der Waals surface area contributed by atoms with E-state index in [1.807, 2.05) is 7.05 Å². The van der Waals surface area contributed by atoms with Crippen LogP contribution in [0.3, 0.4) is 0 Å². The molecular weight excluding hydrogens is 221 g/mol. The van der Waals surface area contributed by atoms with Gasteiger partial charge in [-0.25, -0.2) is 9.97 Å². The first-order valence-electron chi connectivity index (χ1n) is 4.38. The molecule has 0 aromatic carbocycles. The fourth-order valence-electron chi connectivity index (χ4n) is 0.923. The highest BCUT2D eigenvalue weighted by Crippen LogP contribution is 2.16. The van der Waals surface area contributed by atoms with Crippen LogP contribution in [0.1, 0.15) is 19.4 Å². The molecule has 0 bridgehead atoms.